The number of hydrogen-bond donors (Lipinski definition) is 1. The second-order valence-corrected chi connectivity index (χ2v) is 6.11. The lowest BCUT2D eigenvalue weighted by Crippen LogP contribution is -2.41. The molecule has 88 valence electrons. The van der Waals surface area contributed by atoms with Gasteiger partial charge in [-0.2, -0.15) is 0 Å². The Hall–Kier alpha value is -0.0400. The Bertz CT molecular complexity index is 235. The molecule has 15 heavy (non-hydrogen) atoms. The van der Waals surface area contributed by atoms with Crippen LogP contribution in [0.5, 0.6) is 0 Å². The van der Waals surface area contributed by atoms with Crippen LogP contribution < -0.4 is 0 Å². The highest BCUT2D eigenvalue weighted by molar-refractivity contribution is 5.01. The minimum absolute atomic E-state index is 0.216. The highest BCUT2D eigenvalue weighted by atomic mass is 16.3. The summed E-state index contributed by atoms with van der Waals surface area (Å²) in [5.41, 5.74) is 0.458. The molecular formula is C14H26O. The molecule has 5 atom stereocenters. The maximum atomic E-state index is 7.25. The molecule has 0 spiro atoms. The molecule has 1 nitrogen and oxygen atoms in total. The van der Waals surface area contributed by atoms with Crippen LogP contribution in [0.1, 0.15) is 59.3 Å². The third-order valence-corrected chi connectivity index (χ3v) is 5.47. The lowest BCUT2D eigenvalue weighted by molar-refractivity contribution is -0.0272. The summed E-state index contributed by atoms with van der Waals surface area (Å²) in [4.78, 5) is 0. The average Bonchev–Trinajstić information content (AvgIpc) is 2.64. The molecule has 0 heterocycles. The Morgan fingerprint density at radius 1 is 1.47 bits per heavy atom. The highest BCUT2D eigenvalue weighted by Gasteiger charge is 2.51. The summed E-state index contributed by atoms with van der Waals surface area (Å²) in [7, 11) is 0. The monoisotopic (exact) mass is 212 g/mol. The van der Waals surface area contributed by atoms with E-state index in [0.29, 0.717) is 11.3 Å². The minimum Gasteiger partial charge on any atom is -0.393 e. The lowest BCUT2D eigenvalue weighted by atomic mass is 9.61. The fraction of sp³-hybridized carbons (Fsp3) is 1.00. The van der Waals surface area contributed by atoms with E-state index < -0.39 is 0 Å². The van der Waals surface area contributed by atoms with Crippen molar-refractivity contribution in [2.24, 2.45) is 23.2 Å². The summed E-state index contributed by atoms with van der Waals surface area (Å²) in [6, 6.07) is 0. The molecule has 2 rings (SSSR count). The van der Waals surface area contributed by atoms with E-state index in [0.717, 1.165) is 18.3 Å². The van der Waals surface area contributed by atoms with Crippen molar-refractivity contribution in [1.29, 1.82) is 1.43 Å². The molecule has 0 aromatic rings. The van der Waals surface area contributed by atoms with Gasteiger partial charge in [0.2, 0.25) is 1.43 Å². The molecule has 0 amide bonds. The quantitative estimate of drug-likeness (QED) is 0.757. The van der Waals surface area contributed by atoms with Crippen LogP contribution in [0.2, 0.25) is 0 Å². The summed E-state index contributed by atoms with van der Waals surface area (Å²) < 4.78 is 7.25. The number of hydrogen-bond acceptors (Lipinski definition) is 1. The van der Waals surface area contributed by atoms with Crippen molar-refractivity contribution < 1.29 is 5.11 Å². The molecule has 0 aliphatic heterocycles. The minimum atomic E-state index is 0.216. The first kappa shape index (κ1) is 10.1. The van der Waals surface area contributed by atoms with Crippen molar-refractivity contribution in [2.45, 2.75) is 65.4 Å². The van der Waals surface area contributed by atoms with Crippen molar-refractivity contribution in [1.82, 2.24) is 0 Å². The fourth-order valence-electron chi connectivity index (χ4n) is 4.38. The van der Waals surface area contributed by atoms with Crippen molar-refractivity contribution in [3.8, 4) is 0 Å². The van der Waals surface area contributed by atoms with Gasteiger partial charge in [-0.1, -0.05) is 33.6 Å². The van der Waals surface area contributed by atoms with Gasteiger partial charge in [0.25, 0.3) is 0 Å². The van der Waals surface area contributed by atoms with Gasteiger partial charge in [0.1, 0.15) is 0 Å². The summed E-state index contributed by atoms with van der Waals surface area (Å²) in [5, 5.41) is 4.98. The van der Waals surface area contributed by atoms with Gasteiger partial charge in [0, 0.05) is 0 Å². The first-order valence-corrected chi connectivity index (χ1v) is 6.75. The Labute approximate surface area is 95.8 Å². The van der Waals surface area contributed by atoms with Crippen LogP contribution in [-0.4, -0.2) is 12.6 Å². The molecule has 2 saturated carbocycles. The SMILES string of the molecule is [3H]O[C@H]1CCC[C@@]2(C)C1CC[C@@H]2[C@H](C)CC. The molecule has 2 aliphatic rings. The van der Waals surface area contributed by atoms with Gasteiger partial charge in [-0.15, -0.1) is 0 Å². The third kappa shape index (κ3) is 1.73. The normalized spacial score (nSPS) is 48.5. The predicted octanol–water partition coefficient (Wildman–Crippen LogP) is 3.61. The predicted molar refractivity (Wildman–Crippen MR) is 63.6 cm³/mol. The topological polar surface area (TPSA) is 20.2 Å². The molecule has 1 unspecified atom stereocenters. The molecule has 2 fully saturated rings. The van der Waals surface area contributed by atoms with Crippen molar-refractivity contribution >= 4 is 0 Å². The van der Waals surface area contributed by atoms with Gasteiger partial charge in [-0.3, -0.25) is 0 Å². The van der Waals surface area contributed by atoms with E-state index in [2.05, 4.69) is 20.8 Å². The summed E-state index contributed by atoms with van der Waals surface area (Å²) >= 11 is 0. The summed E-state index contributed by atoms with van der Waals surface area (Å²) in [6.45, 7) is 7.18. The van der Waals surface area contributed by atoms with E-state index in [9.17, 15) is 0 Å². The lowest BCUT2D eigenvalue weighted by Gasteiger charge is -2.45. The second-order valence-electron chi connectivity index (χ2n) is 6.11. The maximum Gasteiger partial charge on any atom is 0.210 e. The van der Waals surface area contributed by atoms with E-state index >= 15 is 0 Å². The maximum absolute atomic E-state index is 7.25. The van der Waals surface area contributed by atoms with E-state index in [4.69, 9.17) is 6.54 Å². The Balaban J connectivity index is 2.17. The Kier molecular flexibility index (Phi) is 2.76. The Morgan fingerprint density at radius 3 is 2.93 bits per heavy atom. The largest absolute Gasteiger partial charge is 0.393 e. The number of aliphatic hydroxyl groups is 1. The summed E-state index contributed by atoms with van der Waals surface area (Å²) in [6.07, 6.45) is 7.87. The molecule has 0 aromatic heterocycles. The van der Waals surface area contributed by atoms with Gasteiger partial charge in [0.15, 0.2) is 0 Å². The molecule has 0 bridgehead atoms. The molecule has 0 aromatic carbocycles. The zero-order valence-electron chi connectivity index (χ0n) is 11.5. The smallest absolute Gasteiger partial charge is 0.210 e. The van der Waals surface area contributed by atoms with Crippen LogP contribution >= 0.6 is 0 Å². The zero-order valence-corrected chi connectivity index (χ0v) is 10.5. The molecular weight excluding hydrogens is 184 g/mol. The van der Waals surface area contributed by atoms with E-state index in [1.165, 1.54) is 32.1 Å². The van der Waals surface area contributed by atoms with Crippen LogP contribution in [0.15, 0.2) is 0 Å². The van der Waals surface area contributed by atoms with Gasteiger partial charge in [0.05, 0.1) is 6.10 Å². The van der Waals surface area contributed by atoms with E-state index in [-0.39, 0.29) is 6.10 Å². The first-order chi connectivity index (χ1) is 7.63. The van der Waals surface area contributed by atoms with Gasteiger partial charge in [-0.25, -0.2) is 0 Å². The number of rotatable bonds is 3. The zero-order chi connectivity index (χ0) is 11.8. The highest BCUT2D eigenvalue weighted by Crippen LogP contribution is 2.57. The van der Waals surface area contributed by atoms with Gasteiger partial charge >= 0.3 is 0 Å². The molecule has 0 radical (unpaired) electrons. The summed E-state index contributed by atoms with van der Waals surface area (Å²) in [5.74, 6) is 2.35. The fourth-order valence-corrected chi connectivity index (χ4v) is 4.38. The third-order valence-electron chi connectivity index (χ3n) is 5.47. The van der Waals surface area contributed by atoms with Crippen LogP contribution in [0, 0.1) is 23.2 Å². The second kappa shape index (κ2) is 4.08. The first-order valence-electron chi connectivity index (χ1n) is 7.16. The molecule has 1 N–H and O–H groups in total. The van der Waals surface area contributed by atoms with Crippen LogP contribution in [0.25, 0.3) is 0 Å². The van der Waals surface area contributed by atoms with Crippen LogP contribution in [0.3, 0.4) is 0 Å². The van der Waals surface area contributed by atoms with Crippen molar-refractivity contribution in [3.05, 3.63) is 0 Å². The van der Waals surface area contributed by atoms with Gasteiger partial charge < -0.3 is 5.11 Å². The molecule has 1 heteroatoms. The standard InChI is InChI=1S/C14H26O/c1-4-10(2)11-7-8-12-13(15)6-5-9-14(11,12)3/h10-13,15H,4-9H2,1-3H3/t10-,11-,12?,13+,14-/m1/s1/i15T. The average molecular weight is 212 g/mol. The van der Waals surface area contributed by atoms with Crippen molar-refractivity contribution in [3.63, 3.8) is 0 Å². The van der Waals surface area contributed by atoms with E-state index in [1.807, 2.05) is 0 Å². The molecule has 2 aliphatic carbocycles. The van der Waals surface area contributed by atoms with Crippen LogP contribution in [0.4, 0.5) is 0 Å². The van der Waals surface area contributed by atoms with Crippen LogP contribution in [-0.2, 0) is 0 Å². The Morgan fingerprint density at radius 2 is 2.27 bits per heavy atom. The van der Waals surface area contributed by atoms with Crippen molar-refractivity contribution in [2.75, 3.05) is 0 Å². The molecule has 0 saturated heterocycles. The number of aliphatic hydroxyl groups excluding tert-OH is 1. The number of fused-ring (bicyclic) bond motifs is 1. The van der Waals surface area contributed by atoms with E-state index in [1.54, 1.807) is 0 Å². The van der Waals surface area contributed by atoms with Gasteiger partial charge in [-0.05, 0) is 48.9 Å².